The summed E-state index contributed by atoms with van der Waals surface area (Å²) < 4.78 is 27.3. The summed E-state index contributed by atoms with van der Waals surface area (Å²) >= 11 is 0. The molecule has 1 saturated heterocycles. The average Bonchev–Trinajstić information content (AvgIpc) is 2.46. The zero-order valence-corrected chi connectivity index (χ0v) is 9.50. The van der Waals surface area contributed by atoms with Gasteiger partial charge in [-0.2, -0.15) is 0 Å². The molecule has 0 saturated carbocycles. The number of carbonyl (C=O) groups is 1. The van der Waals surface area contributed by atoms with E-state index in [1.54, 1.807) is 0 Å². The van der Waals surface area contributed by atoms with Crippen LogP contribution in [0.5, 0.6) is 0 Å². The molecule has 15 heavy (non-hydrogen) atoms. The normalized spacial score (nSPS) is 26.3. The zero-order valence-electron chi connectivity index (χ0n) is 8.68. The maximum absolute atomic E-state index is 11.2. The second-order valence-electron chi connectivity index (χ2n) is 3.89. The van der Waals surface area contributed by atoms with E-state index in [4.69, 9.17) is 9.84 Å². The van der Waals surface area contributed by atoms with E-state index in [0.29, 0.717) is 19.4 Å². The van der Waals surface area contributed by atoms with Gasteiger partial charge < -0.3 is 9.84 Å². The van der Waals surface area contributed by atoms with Gasteiger partial charge in [0.05, 0.1) is 17.4 Å². The Morgan fingerprint density at radius 2 is 2.27 bits per heavy atom. The van der Waals surface area contributed by atoms with Crippen molar-refractivity contribution in [3.8, 4) is 0 Å². The fourth-order valence-electron chi connectivity index (χ4n) is 1.95. The number of hydrogen-bond acceptors (Lipinski definition) is 4. The molecule has 1 heterocycles. The zero-order chi connectivity index (χ0) is 11.5. The van der Waals surface area contributed by atoms with E-state index < -0.39 is 21.7 Å². The van der Waals surface area contributed by atoms with Crippen LogP contribution in [0.1, 0.15) is 12.8 Å². The molecule has 5 nitrogen and oxygen atoms in total. The first-order chi connectivity index (χ1) is 6.96. The maximum atomic E-state index is 11.2. The lowest BCUT2D eigenvalue weighted by Crippen LogP contribution is -2.25. The molecule has 1 aliphatic heterocycles. The lowest BCUT2D eigenvalue weighted by Gasteiger charge is -2.17. The Morgan fingerprint density at radius 1 is 1.60 bits per heavy atom. The number of hydrogen-bond donors (Lipinski definition) is 1. The SMILES string of the molecule is COCCC(C(=O)O)C1CCS(=O)(=O)C1. The molecule has 1 N–H and O–H groups in total. The van der Waals surface area contributed by atoms with Gasteiger partial charge >= 0.3 is 5.97 Å². The van der Waals surface area contributed by atoms with Crippen LogP contribution < -0.4 is 0 Å². The van der Waals surface area contributed by atoms with Crippen LogP contribution in [-0.4, -0.2) is 44.7 Å². The molecule has 1 rings (SSSR count). The first kappa shape index (κ1) is 12.4. The summed E-state index contributed by atoms with van der Waals surface area (Å²) in [5.74, 6) is -1.64. The molecule has 0 spiro atoms. The lowest BCUT2D eigenvalue weighted by atomic mass is 9.89. The molecule has 2 atom stereocenters. The Balaban J connectivity index is 2.61. The van der Waals surface area contributed by atoms with Crippen molar-refractivity contribution >= 4 is 15.8 Å². The number of ether oxygens (including phenoxy) is 1. The highest BCUT2D eigenvalue weighted by Gasteiger charge is 2.36. The molecule has 0 aliphatic carbocycles. The standard InChI is InChI=1S/C9H16O5S/c1-14-4-2-8(9(10)11)7-3-5-15(12,13)6-7/h7-8H,2-6H2,1H3,(H,10,11). The number of carboxylic acids is 1. The van der Waals surface area contributed by atoms with Crippen molar-refractivity contribution in [2.45, 2.75) is 12.8 Å². The topological polar surface area (TPSA) is 80.7 Å². The highest BCUT2D eigenvalue weighted by molar-refractivity contribution is 7.91. The van der Waals surface area contributed by atoms with Gasteiger partial charge in [-0.25, -0.2) is 8.42 Å². The minimum atomic E-state index is -3.00. The molecule has 1 fully saturated rings. The number of aliphatic carboxylic acids is 1. The Hall–Kier alpha value is -0.620. The number of carboxylic acid groups (broad SMARTS) is 1. The lowest BCUT2D eigenvalue weighted by molar-refractivity contribution is -0.144. The third-order valence-electron chi connectivity index (χ3n) is 2.79. The van der Waals surface area contributed by atoms with E-state index in [9.17, 15) is 13.2 Å². The molecule has 1 aliphatic rings. The summed E-state index contributed by atoms with van der Waals surface area (Å²) in [6, 6.07) is 0. The van der Waals surface area contributed by atoms with Crippen LogP contribution in [0, 0.1) is 11.8 Å². The number of sulfone groups is 1. The van der Waals surface area contributed by atoms with Crippen LogP contribution >= 0.6 is 0 Å². The molecule has 0 bridgehead atoms. The molecular weight excluding hydrogens is 220 g/mol. The van der Waals surface area contributed by atoms with E-state index in [0.717, 1.165) is 0 Å². The predicted molar refractivity (Wildman–Crippen MR) is 54.4 cm³/mol. The second-order valence-corrected chi connectivity index (χ2v) is 6.12. The van der Waals surface area contributed by atoms with Gasteiger partial charge in [0.1, 0.15) is 0 Å². The summed E-state index contributed by atoms with van der Waals surface area (Å²) in [4.78, 5) is 11.0. The van der Waals surface area contributed by atoms with Crippen LogP contribution in [-0.2, 0) is 19.4 Å². The van der Waals surface area contributed by atoms with Gasteiger partial charge in [-0.05, 0) is 18.8 Å². The van der Waals surface area contributed by atoms with E-state index >= 15 is 0 Å². The molecular formula is C9H16O5S. The summed E-state index contributed by atoms with van der Waals surface area (Å²) in [6.07, 6.45) is 0.842. The minimum absolute atomic E-state index is 0.00762. The van der Waals surface area contributed by atoms with E-state index in [2.05, 4.69) is 0 Å². The largest absolute Gasteiger partial charge is 0.481 e. The van der Waals surface area contributed by atoms with E-state index in [1.807, 2.05) is 0 Å². The van der Waals surface area contributed by atoms with E-state index in [-0.39, 0.29) is 17.4 Å². The second kappa shape index (κ2) is 4.94. The van der Waals surface area contributed by atoms with Crippen LogP contribution in [0.4, 0.5) is 0 Å². The highest BCUT2D eigenvalue weighted by Crippen LogP contribution is 2.28. The monoisotopic (exact) mass is 236 g/mol. The van der Waals surface area contributed by atoms with Crippen LogP contribution in [0.25, 0.3) is 0 Å². The first-order valence-corrected chi connectivity index (χ1v) is 6.70. The molecule has 88 valence electrons. The number of rotatable bonds is 5. The van der Waals surface area contributed by atoms with Crippen molar-refractivity contribution in [3.63, 3.8) is 0 Å². The third kappa shape index (κ3) is 3.46. The van der Waals surface area contributed by atoms with Gasteiger partial charge in [0.2, 0.25) is 0 Å². The van der Waals surface area contributed by atoms with Crippen molar-refractivity contribution in [1.29, 1.82) is 0 Å². The summed E-state index contributed by atoms with van der Waals surface area (Å²) in [7, 11) is -1.50. The quantitative estimate of drug-likeness (QED) is 0.735. The maximum Gasteiger partial charge on any atom is 0.306 e. The summed E-state index contributed by atoms with van der Waals surface area (Å²) in [6.45, 7) is 0.355. The van der Waals surface area contributed by atoms with Crippen LogP contribution in [0.15, 0.2) is 0 Å². The van der Waals surface area contributed by atoms with Gasteiger partial charge in [0.25, 0.3) is 0 Å². The highest BCUT2D eigenvalue weighted by atomic mass is 32.2. The van der Waals surface area contributed by atoms with Crippen LogP contribution in [0.2, 0.25) is 0 Å². The summed E-state index contributed by atoms with van der Waals surface area (Å²) in [5, 5.41) is 8.98. The molecule has 2 unspecified atom stereocenters. The van der Waals surface area contributed by atoms with Crippen LogP contribution in [0.3, 0.4) is 0 Å². The Bertz CT molecular complexity index is 321. The Kier molecular flexibility index (Phi) is 4.10. The van der Waals surface area contributed by atoms with Gasteiger partial charge in [-0.3, -0.25) is 4.79 Å². The van der Waals surface area contributed by atoms with Crippen molar-refractivity contribution < 1.29 is 23.1 Å². The fraction of sp³-hybridized carbons (Fsp3) is 0.889. The van der Waals surface area contributed by atoms with Gasteiger partial charge in [0.15, 0.2) is 9.84 Å². The van der Waals surface area contributed by atoms with Crippen molar-refractivity contribution in [2.75, 3.05) is 25.2 Å². The molecule has 0 aromatic rings. The minimum Gasteiger partial charge on any atom is -0.481 e. The Labute approximate surface area is 89.3 Å². The smallest absolute Gasteiger partial charge is 0.306 e. The fourth-order valence-corrected chi connectivity index (χ4v) is 3.83. The van der Waals surface area contributed by atoms with E-state index in [1.165, 1.54) is 7.11 Å². The predicted octanol–water partition coefficient (Wildman–Crippen LogP) is 0.158. The average molecular weight is 236 g/mol. The van der Waals surface area contributed by atoms with Gasteiger partial charge in [0, 0.05) is 13.7 Å². The molecule has 0 radical (unpaired) electrons. The summed E-state index contributed by atoms with van der Waals surface area (Å²) in [5.41, 5.74) is 0. The van der Waals surface area contributed by atoms with Crippen molar-refractivity contribution in [1.82, 2.24) is 0 Å². The molecule has 0 aromatic heterocycles. The molecule has 0 amide bonds. The number of methoxy groups -OCH3 is 1. The molecule has 0 aromatic carbocycles. The third-order valence-corrected chi connectivity index (χ3v) is 4.58. The van der Waals surface area contributed by atoms with Crippen molar-refractivity contribution in [2.24, 2.45) is 11.8 Å². The van der Waals surface area contributed by atoms with Gasteiger partial charge in [-0.1, -0.05) is 0 Å². The Morgan fingerprint density at radius 3 is 2.67 bits per heavy atom. The van der Waals surface area contributed by atoms with Gasteiger partial charge in [-0.15, -0.1) is 0 Å². The van der Waals surface area contributed by atoms with Crippen molar-refractivity contribution in [3.05, 3.63) is 0 Å². The first-order valence-electron chi connectivity index (χ1n) is 4.88. The molecule has 6 heteroatoms.